The number of nitrogens with two attached hydrogens (primary N) is 1. The number of ether oxygens (including phenoxy) is 1. The lowest BCUT2D eigenvalue weighted by Gasteiger charge is -2.44. The first-order valence-corrected chi connectivity index (χ1v) is 10.8. The summed E-state index contributed by atoms with van der Waals surface area (Å²) in [5.41, 5.74) is 5.97. The van der Waals surface area contributed by atoms with Crippen molar-refractivity contribution in [1.29, 1.82) is 0 Å². The number of hydrogen-bond acceptors (Lipinski definition) is 5. The standard InChI is InChI=1S/C22H32N4O4/c1-30-18-10-5-9-17(15-18)22(29)26-14-6-13-25(20(26)19(27)24-12-11-23)21(28)16-7-3-2-4-8-16/h5,9-10,15-16,20H,2-4,6-8,11-14,23H2,1H3,(H,24,27). The predicted molar refractivity (Wildman–Crippen MR) is 113 cm³/mol. The Kier molecular flexibility index (Phi) is 7.68. The van der Waals surface area contributed by atoms with Gasteiger partial charge in [0.25, 0.3) is 11.8 Å². The van der Waals surface area contributed by atoms with Gasteiger partial charge < -0.3 is 25.6 Å². The van der Waals surface area contributed by atoms with Gasteiger partial charge in [0.15, 0.2) is 6.17 Å². The molecule has 2 fully saturated rings. The normalized spacial score (nSPS) is 20.0. The Balaban J connectivity index is 1.88. The first-order valence-electron chi connectivity index (χ1n) is 10.8. The van der Waals surface area contributed by atoms with Crippen molar-refractivity contribution in [2.45, 2.75) is 44.7 Å². The van der Waals surface area contributed by atoms with E-state index in [1.54, 1.807) is 29.2 Å². The molecule has 0 spiro atoms. The molecule has 1 aromatic rings. The van der Waals surface area contributed by atoms with Crippen molar-refractivity contribution >= 4 is 17.7 Å². The zero-order valence-electron chi connectivity index (χ0n) is 17.6. The van der Waals surface area contributed by atoms with E-state index in [1.807, 2.05) is 0 Å². The van der Waals surface area contributed by atoms with Crippen LogP contribution in [0.25, 0.3) is 0 Å². The van der Waals surface area contributed by atoms with Crippen LogP contribution in [-0.4, -0.2) is 67.0 Å². The van der Waals surface area contributed by atoms with Crippen molar-refractivity contribution in [3.63, 3.8) is 0 Å². The molecule has 3 amide bonds. The Hall–Kier alpha value is -2.61. The van der Waals surface area contributed by atoms with Crippen LogP contribution in [0, 0.1) is 5.92 Å². The quantitative estimate of drug-likeness (QED) is 0.728. The molecule has 8 nitrogen and oxygen atoms in total. The van der Waals surface area contributed by atoms with Crippen molar-refractivity contribution in [2.75, 3.05) is 33.3 Å². The van der Waals surface area contributed by atoms with Gasteiger partial charge in [-0.2, -0.15) is 0 Å². The van der Waals surface area contributed by atoms with E-state index >= 15 is 0 Å². The molecule has 1 aliphatic heterocycles. The highest BCUT2D eigenvalue weighted by atomic mass is 16.5. The first kappa shape index (κ1) is 22.1. The van der Waals surface area contributed by atoms with Gasteiger partial charge in [0.2, 0.25) is 5.91 Å². The van der Waals surface area contributed by atoms with Crippen molar-refractivity contribution in [3.05, 3.63) is 29.8 Å². The Morgan fingerprint density at radius 2 is 1.83 bits per heavy atom. The highest BCUT2D eigenvalue weighted by Crippen LogP contribution is 2.28. The van der Waals surface area contributed by atoms with Gasteiger partial charge in [-0.15, -0.1) is 0 Å². The first-order chi connectivity index (χ1) is 14.6. The summed E-state index contributed by atoms with van der Waals surface area (Å²) in [6, 6.07) is 6.85. The van der Waals surface area contributed by atoms with Crippen LogP contribution in [0.3, 0.4) is 0 Å². The summed E-state index contributed by atoms with van der Waals surface area (Å²) in [4.78, 5) is 42.8. The Bertz CT molecular complexity index is 763. The minimum absolute atomic E-state index is 0.0225. The fourth-order valence-corrected chi connectivity index (χ4v) is 4.34. The highest BCUT2D eigenvalue weighted by Gasteiger charge is 2.42. The van der Waals surface area contributed by atoms with Crippen LogP contribution in [-0.2, 0) is 9.59 Å². The number of rotatable bonds is 6. The second kappa shape index (κ2) is 10.4. The molecule has 1 saturated heterocycles. The molecule has 2 aliphatic rings. The summed E-state index contributed by atoms with van der Waals surface area (Å²) in [7, 11) is 1.54. The lowest BCUT2D eigenvalue weighted by molar-refractivity contribution is -0.152. The van der Waals surface area contributed by atoms with E-state index in [1.165, 1.54) is 12.0 Å². The molecule has 1 aromatic carbocycles. The van der Waals surface area contributed by atoms with Crippen LogP contribution < -0.4 is 15.8 Å². The van der Waals surface area contributed by atoms with Gasteiger partial charge in [-0.25, -0.2) is 0 Å². The molecule has 8 heteroatoms. The zero-order valence-corrected chi connectivity index (χ0v) is 17.6. The number of hydrogen-bond donors (Lipinski definition) is 2. The zero-order chi connectivity index (χ0) is 21.5. The van der Waals surface area contributed by atoms with E-state index in [0.717, 1.165) is 32.1 Å². The van der Waals surface area contributed by atoms with Crippen molar-refractivity contribution < 1.29 is 19.1 Å². The van der Waals surface area contributed by atoms with E-state index < -0.39 is 6.17 Å². The van der Waals surface area contributed by atoms with E-state index in [-0.39, 0.29) is 23.6 Å². The summed E-state index contributed by atoms with van der Waals surface area (Å²) >= 11 is 0. The maximum atomic E-state index is 13.3. The molecule has 0 radical (unpaired) electrons. The molecule has 30 heavy (non-hydrogen) atoms. The van der Waals surface area contributed by atoms with Gasteiger partial charge in [-0.3, -0.25) is 14.4 Å². The Morgan fingerprint density at radius 3 is 2.53 bits per heavy atom. The molecule has 0 aromatic heterocycles. The SMILES string of the molecule is COc1cccc(C(=O)N2CCCN(C(=O)C3CCCCC3)C2C(=O)NCCN)c1. The number of nitrogens with zero attached hydrogens (tertiary/aromatic N) is 2. The summed E-state index contributed by atoms with van der Waals surface area (Å²) < 4.78 is 5.23. The molecule has 1 unspecified atom stereocenters. The topological polar surface area (TPSA) is 105 Å². The highest BCUT2D eigenvalue weighted by molar-refractivity contribution is 5.99. The van der Waals surface area contributed by atoms with Crippen LogP contribution in [0.4, 0.5) is 0 Å². The summed E-state index contributed by atoms with van der Waals surface area (Å²) in [6.07, 6.45) is 4.56. The second-order valence-electron chi connectivity index (χ2n) is 7.90. The molecular formula is C22H32N4O4. The third kappa shape index (κ3) is 4.92. The van der Waals surface area contributed by atoms with E-state index in [2.05, 4.69) is 5.32 Å². The fourth-order valence-electron chi connectivity index (χ4n) is 4.34. The van der Waals surface area contributed by atoms with Crippen LogP contribution in [0.15, 0.2) is 24.3 Å². The predicted octanol–water partition coefficient (Wildman–Crippen LogP) is 1.35. The number of carbonyl (C=O) groups is 3. The number of amides is 3. The Labute approximate surface area is 177 Å². The number of nitrogens with one attached hydrogen (secondary N) is 1. The smallest absolute Gasteiger partial charge is 0.263 e. The molecule has 1 atom stereocenters. The third-order valence-corrected chi connectivity index (χ3v) is 5.88. The monoisotopic (exact) mass is 416 g/mol. The van der Waals surface area contributed by atoms with Crippen LogP contribution in [0.5, 0.6) is 5.75 Å². The van der Waals surface area contributed by atoms with Gasteiger partial charge in [-0.05, 0) is 37.5 Å². The van der Waals surface area contributed by atoms with Crippen molar-refractivity contribution in [1.82, 2.24) is 15.1 Å². The van der Waals surface area contributed by atoms with Gasteiger partial charge in [0, 0.05) is 37.7 Å². The maximum Gasteiger partial charge on any atom is 0.263 e. The molecule has 1 heterocycles. The lowest BCUT2D eigenvalue weighted by Crippen LogP contribution is -2.64. The van der Waals surface area contributed by atoms with E-state index in [4.69, 9.17) is 10.5 Å². The van der Waals surface area contributed by atoms with Crippen LogP contribution in [0.2, 0.25) is 0 Å². The summed E-state index contributed by atoms with van der Waals surface area (Å²) in [5.74, 6) is -0.179. The summed E-state index contributed by atoms with van der Waals surface area (Å²) in [5, 5.41) is 2.77. The molecule has 0 bridgehead atoms. The number of benzene rings is 1. The van der Waals surface area contributed by atoms with Gasteiger partial charge >= 0.3 is 0 Å². The van der Waals surface area contributed by atoms with Crippen LogP contribution >= 0.6 is 0 Å². The van der Waals surface area contributed by atoms with Crippen LogP contribution in [0.1, 0.15) is 48.9 Å². The van der Waals surface area contributed by atoms with Gasteiger partial charge in [0.05, 0.1) is 7.11 Å². The van der Waals surface area contributed by atoms with Crippen molar-refractivity contribution in [2.24, 2.45) is 11.7 Å². The molecule has 3 N–H and O–H groups in total. The largest absolute Gasteiger partial charge is 0.497 e. The molecule has 164 valence electrons. The van der Waals surface area contributed by atoms with Gasteiger partial charge in [0.1, 0.15) is 5.75 Å². The fraction of sp³-hybridized carbons (Fsp3) is 0.591. The molecule has 1 aliphatic carbocycles. The minimum Gasteiger partial charge on any atom is -0.497 e. The summed E-state index contributed by atoms with van der Waals surface area (Å²) in [6.45, 7) is 1.46. The molecule has 3 rings (SSSR count). The average molecular weight is 417 g/mol. The maximum absolute atomic E-state index is 13.3. The molecule has 1 saturated carbocycles. The number of carbonyl (C=O) groups excluding carboxylic acids is 3. The number of methoxy groups -OCH3 is 1. The lowest BCUT2D eigenvalue weighted by atomic mass is 9.88. The second-order valence-corrected chi connectivity index (χ2v) is 7.90. The average Bonchev–Trinajstić information content (AvgIpc) is 2.81. The molecular weight excluding hydrogens is 384 g/mol. The minimum atomic E-state index is -0.960. The van der Waals surface area contributed by atoms with E-state index in [9.17, 15) is 14.4 Å². The third-order valence-electron chi connectivity index (χ3n) is 5.88. The van der Waals surface area contributed by atoms with Crippen molar-refractivity contribution in [3.8, 4) is 5.75 Å². The Morgan fingerprint density at radius 1 is 1.10 bits per heavy atom. The van der Waals surface area contributed by atoms with E-state index in [0.29, 0.717) is 43.9 Å². The van der Waals surface area contributed by atoms with Gasteiger partial charge in [-0.1, -0.05) is 25.3 Å².